The lowest BCUT2D eigenvalue weighted by Crippen LogP contribution is -2.32. The number of rotatable bonds is 9. The van der Waals surface area contributed by atoms with Gasteiger partial charge in [0.2, 0.25) is 11.6 Å². The van der Waals surface area contributed by atoms with E-state index in [4.69, 9.17) is 16.3 Å². The van der Waals surface area contributed by atoms with Gasteiger partial charge in [-0.25, -0.2) is 9.97 Å². The van der Waals surface area contributed by atoms with Crippen LogP contribution in [-0.4, -0.2) is 35.1 Å². The van der Waals surface area contributed by atoms with E-state index in [1.54, 1.807) is 18.2 Å². The van der Waals surface area contributed by atoms with Gasteiger partial charge in [-0.15, -0.1) is 0 Å². The summed E-state index contributed by atoms with van der Waals surface area (Å²) in [5, 5.41) is 15.4. The molecule has 0 saturated carbocycles. The number of ether oxygens (including phenoxy) is 1. The van der Waals surface area contributed by atoms with Crippen LogP contribution in [0.25, 0.3) is 0 Å². The molecule has 2 rings (SSSR count). The maximum Gasteiger partial charge on any atom is 0.353 e. The van der Waals surface area contributed by atoms with Gasteiger partial charge in [0.15, 0.2) is 0 Å². The van der Waals surface area contributed by atoms with Crippen molar-refractivity contribution in [3.63, 3.8) is 0 Å². The second kappa shape index (κ2) is 9.54. The van der Waals surface area contributed by atoms with Crippen molar-refractivity contribution in [2.45, 2.75) is 27.7 Å². The zero-order valence-corrected chi connectivity index (χ0v) is 17.5. The number of halogens is 1. The summed E-state index contributed by atoms with van der Waals surface area (Å²) >= 11 is 6.07. The molecule has 8 nitrogen and oxygen atoms in total. The summed E-state index contributed by atoms with van der Waals surface area (Å²) in [6.07, 6.45) is 1.33. The number of nitro groups is 1. The highest BCUT2D eigenvalue weighted by Gasteiger charge is 2.28. The minimum atomic E-state index is -0.456. The molecule has 0 bridgehead atoms. The van der Waals surface area contributed by atoms with Crippen LogP contribution in [0.15, 0.2) is 24.5 Å². The first-order valence-corrected chi connectivity index (χ1v) is 9.45. The van der Waals surface area contributed by atoms with E-state index >= 15 is 0 Å². The van der Waals surface area contributed by atoms with E-state index < -0.39 is 4.92 Å². The summed E-state index contributed by atoms with van der Waals surface area (Å²) in [5.74, 6) is 1.52. The Bertz CT molecular complexity index is 819. The molecular formula is C19H26ClN5O3. The first kappa shape index (κ1) is 21.7. The van der Waals surface area contributed by atoms with Gasteiger partial charge >= 0.3 is 5.69 Å². The minimum Gasteiger partial charge on any atom is -0.495 e. The third kappa shape index (κ3) is 5.45. The number of hydrogen-bond acceptors (Lipinski definition) is 7. The molecule has 0 saturated heterocycles. The maximum absolute atomic E-state index is 11.9. The molecule has 0 spiro atoms. The van der Waals surface area contributed by atoms with Gasteiger partial charge in [0.1, 0.15) is 12.1 Å². The smallest absolute Gasteiger partial charge is 0.353 e. The van der Waals surface area contributed by atoms with E-state index in [-0.39, 0.29) is 11.5 Å². The first-order valence-electron chi connectivity index (χ1n) is 9.07. The minimum absolute atomic E-state index is 0.0908. The van der Waals surface area contributed by atoms with Gasteiger partial charge in [0.05, 0.1) is 17.7 Å². The number of nitrogens with zero attached hydrogens (tertiary/aromatic N) is 4. The zero-order valence-electron chi connectivity index (χ0n) is 16.8. The van der Waals surface area contributed by atoms with Crippen LogP contribution in [0.3, 0.4) is 0 Å². The third-order valence-electron chi connectivity index (χ3n) is 3.87. The largest absolute Gasteiger partial charge is 0.495 e. The Morgan fingerprint density at radius 1 is 1.21 bits per heavy atom. The van der Waals surface area contributed by atoms with Crippen molar-refractivity contribution in [2.24, 2.45) is 11.8 Å². The molecule has 1 aromatic heterocycles. The van der Waals surface area contributed by atoms with Crippen molar-refractivity contribution < 1.29 is 9.66 Å². The normalized spacial score (nSPS) is 11.0. The van der Waals surface area contributed by atoms with Crippen molar-refractivity contribution in [1.29, 1.82) is 0 Å². The van der Waals surface area contributed by atoms with Gasteiger partial charge in [0.25, 0.3) is 0 Å². The molecule has 9 heteroatoms. The van der Waals surface area contributed by atoms with Crippen LogP contribution in [0, 0.1) is 22.0 Å². The monoisotopic (exact) mass is 407 g/mol. The molecule has 0 unspecified atom stereocenters. The lowest BCUT2D eigenvalue weighted by molar-refractivity contribution is -0.383. The topological polar surface area (TPSA) is 93.4 Å². The summed E-state index contributed by atoms with van der Waals surface area (Å²) in [7, 11) is 1.52. The maximum atomic E-state index is 11.9. The summed E-state index contributed by atoms with van der Waals surface area (Å²) in [6.45, 7) is 9.56. The molecule has 0 radical (unpaired) electrons. The molecule has 0 atom stereocenters. The Morgan fingerprint density at radius 3 is 2.39 bits per heavy atom. The molecule has 0 aliphatic heterocycles. The van der Waals surface area contributed by atoms with Gasteiger partial charge in [-0.2, -0.15) is 0 Å². The summed E-state index contributed by atoms with van der Waals surface area (Å²) < 4.78 is 5.31. The molecule has 1 aromatic carbocycles. The van der Waals surface area contributed by atoms with Crippen molar-refractivity contribution in [2.75, 3.05) is 30.4 Å². The highest BCUT2D eigenvalue weighted by molar-refractivity contribution is 6.31. The Balaban J connectivity index is 2.53. The molecule has 0 aliphatic carbocycles. The molecule has 0 aliphatic rings. The predicted octanol–water partition coefficient (Wildman–Crippen LogP) is 4.91. The highest BCUT2D eigenvalue weighted by atomic mass is 35.5. The van der Waals surface area contributed by atoms with Crippen LogP contribution in [-0.2, 0) is 0 Å². The van der Waals surface area contributed by atoms with Crippen molar-refractivity contribution in [3.05, 3.63) is 39.7 Å². The zero-order chi connectivity index (χ0) is 20.8. The Kier molecular flexibility index (Phi) is 7.39. The second-order valence-electron chi connectivity index (χ2n) is 7.31. The van der Waals surface area contributed by atoms with Crippen LogP contribution in [0.1, 0.15) is 27.7 Å². The lowest BCUT2D eigenvalue weighted by Gasteiger charge is -2.27. The molecule has 0 fully saturated rings. The van der Waals surface area contributed by atoms with Crippen molar-refractivity contribution in [3.8, 4) is 5.75 Å². The molecule has 28 heavy (non-hydrogen) atoms. The highest BCUT2D eigenvalue weighted by Crippen LogP contribution is 2.37. The van der Waals surface area contributed by atoms with E-state index in [1.165, 1.54) is 13.4 Å². The molecule has 0 amide bonds. The molecule has 1 N–H and O–H groups in total. The summed E-state index contributed by atoms with van der Waals surface area (Å²) in [6, 6.07) is 4.99. The molecular weight excluding hydrogens is 382 g/mol. The number of aromatic nitrogens is 2. The van der Waals surface area contributed by atoms with E-state index in [0.717, 1.165) is 0 Å². The Labute approximate surface area is 170 Å². The van der Waals surface area contributed by atoms with E-state index in [9.17, 15) is 10.1 Å². The Morgan fingerprint density at radius 2 is 1.86 bits per heavy atom. The van der Waals surface area contributed by atoms with Crippen molar-refractivity contribution in [1.82, 2.24) is 9.97 Å². The van der Waals surface area contributed by atoms with Crippen LogP contribution < -0.4 is 15.0 Å². The van der Waals surface area contributed by atoms with Crippen LogP contribution in [0.2, 0.25) is 5.02 Å². The van der Waals surface area contributed by atoms with Gasteiger partial charge in [0, 0.05) is 18.1 Å². The summed E-state index contributed by atoms with van der Waals surface area (Å²) in [4.78, 5) is 21.8. The molecule has 2 aromatic rings. The van der Waals surface area contributed by atoms with Gasteiger partial charge in [-0.3, -0.25) is 10.1 Å². The second-order valence-corrected chi connectivity index (χ2v) is 7.75. The average molecular weight is 408 g/mol. The number of nitrogens with one attached hydrogen (secondary N) is 1. The molecule has 152 valence electrons. The Hall–Kier alpha value is -2.61. The quantitative estimate of drug-likeness (QED) is 0.466. The van der Waals surface area contributed by atoms with E-state index in [0.29, 0.717) is 47.2 Å². The fourth-order valence-electron chi connectivity index (χ4n) is 2.89. The first-order chi connectivity index (χ1) is 13.2. The van der Waals surface area contributed by atoms with E-state index in [1.807, 2.05) is 4.90 Å². The van der Waals surface area contributed by atoms with Crippen LogP contribution >= 0.6 is 11.6 Å². The number of hydrogen-bond donors (Lipinski definition) is 1. The van der Waals surface area contributed by atoms with Crippen molar-refractivity contribution >= 4 is 34.6 Å². The van der Waals surface area contributed by atoms with Gasteiger partial charge in [-0.1, -0.05) is 39.3 Å². The molecule has 1 heterocycles. The van der Waals surface area contributed by atoms with Gasteiger partial charge < -0.3 is 15.0 Å². The van der Waals surface area contributed by atoms with Crippen LogP contribution in [0.5, 0.6) is 5.75 Å². The SMILES string of the molecule is COc1ccc(Cl)cc1Nc1ncnc(N(CC(C)C)CC(C)C)c1[N+](=O)[O-]. The fraction of sp³-hybridized carbons (Fsp3) is 0.474. The third-order valence-corrected chi connectivity index (χ3v) is 4.11. The number of methoxy groups -OCH3 is 1. The predicted molar refractivity (Wildman–Crippen MR) is 112 cm³/mol. The average Bonchev–Trinajstić information content (AvgIpc) is 2.60. The number of benzene rings is 1. The van der Waals surface area contributed by atoms with E-state index in [2.05, 4.69) is 43.0 Å². The lowest BCUT2D eigenvalue weighted by atomic mass is 10.1. The van der Waals surface area contributed by atoms with Crippen LogP contribution in [0.4, 0.5) is 23.0 Å². The van der Waals surface area contributed by atoms with Gasteiger partial charge in [-0.05, 0) is 30.0 Å². The standard InChI is InChI=1S/C19H26ClN5O3/c1-12(2)9-24(10-13(3)4)19-17(25(26)27)18(21-11-22-19)23-15-8-14(20)6-7-16(15)28-5/h6-8,11-13H,9-10H2,1-5H3,(H,21,22,23). The fourth-order valence-corrected chi connectivity index (χ4v) is 3.07. The summed E-state index contributed by atoms with van der Waals surface area (Å²) in [5.41, 5.74) is 0.313. The number of anilines is 3.